The van der Waals surface area contributed by atoms with E-state index in [9.17, 15) is 9.59 Å². The quantitative estimate of drug-likeness (QED) is 0.454. The van der Waals surface area contributed by atoms with Crippen LogP contribution in [0.4, 0.5) is 0 Å². The van der Waals surface area contributed by atoms with Crippen molar-refractivity contribution in [2.75, 3.05) is 0 Å². The lowest BCUT2D eigenvalue weighted by Crippen LogP contribution is -2.65. The van der Waals surface area contributed by atoms with Crippen LogP contribution >= 0.6 is 0 Å². The minimum atomic E-state index is -2.18. The highest BCUT2D eigenvalue weighted by molar-refractivity contribution is 6.74. The van der Waals surface area contributed by atoms with E-state index < -0.39 is 20.5 Å². The van der Waals surface area contributed by atoms with Crippen molar-refractivity contribution < 1.29 is 18.4 Å². The fourth-order valence-corrected chi connectivity index (χ4v) is 3.97. The third-order valence-electron chi connectivity index (χ3n) is 5.35. The monoisotopic (exact) mass is 371 g/mol. The van der Waals surface area contributed by atoms with Crippen molar-refractivity contribution in [2.24, 2.45) is 0 Å². The van der Waals surface area contributed by atoms with E-state index in [1.54, 1.807) is 42.7 Å². The van der Waals surface area contributed by atoms with E-state index in [1.807, 2.05) is 6.07 Å². The number of hydrogen-bond donors (Lipinski definition) is 0. The van der Waals surface area contributed by atoms with Crippen molar-refractivity contribution in [2.45, 2.75) is 51.0 Å². The third kappa shape index (κ3) is 3.15. The Labute approximate surface area is 155 Å². The molecule has 1 aliphatic rings. The van der Waals surface area contributed by atoms with Gasteiger partial charge in [0.15, 0.2) is 14.4 Å². The SMILES string of the molecule is CC(C)(C)[Si](C)(C)O[C@H]1C(=O)N(C(=O)c2ccccc2)[C@H]1c1ccco1. The van der Waals surface area contributed by atoms with Gasteiger partial charge < -0.3 is 8.84 Å². The lowest BCUT2D eigenvalue weighted by Gasteiger charge is -2.49. The zero-order valence-electron chi connectivity index (χ0n) is 15.9. The molecule has 1 fully saturated rings. The number of likely N-dealkylation sites (tertiary alicyclic amines) is 1. The molecule has 1 saturated heterocycles. The molecule has 2 atom stereocenters. The van der Waals surface area contributed by atoms with Crippen molar-refractivity contribution in [3.8, 4) is 0 Å². The van der Waals surface area contributed by atoms with Gasteiger partial charge in [0.05, 0.1) is 6.26 Å². The lowest BCUT2D eigenvalue weighted by molar-refractivity contribution is -0.160. The summed E-state index contributed by atoms with van der Waals surface area (Å²) in [5, 5.41) is -0.0369. The summed E-state index contributed by atoms with van der Waals surface area (Å²) in [7, 11) is -2.18. The van der Waals surface area contributed by atoms with E-state index in [4.69, 9.17) is 8.84 Å². The molecule has 1 aromatic heterocycles. The first-order valence-corrected chi connectivity index (χ1v) is 11.7. The first-order chi connectivity index (χ1) is 12.1. The summed E-state index contributed by atoms with van der Waals surface area (Å²) in [6.45, 7) is 10.6. The van der Waals surface area contributed by atoms with Gasteiger partial charge in [0, 0.05) is 5.56 Å². The molecule has 3 rings (SSSR count). The van der Waals surface area contributed by atoms with Crippen LogP contribution in [0.5, 0.6) is 0 Å². The summed E-state index contributed by atoms with van der Waals surface area (Å²) in [6.07, 6.45) is 0.863. The molecule has 0 radical (unpaired) electrons. The second-order valence-electron chi connectivity index (χ2n) is 8.14. The number of hydrogen-bond acceptors (Lipinski definition) is 4. The Morgan fingerprint density at radius 2 is 1.77 bits per heavy atom. The van der Waals surface area contributed by atoms with Gasteiger partial charge in [-0.3, -0.25) is 14.5 Å². The molecule has 0 bridgehead atoms. The molecular weight excluding hydrogens is 346 g/mol. The molecule has 2 aromatic rings. The molecule has 26 heavy (non-hydrogen) atoms. The second kappa shape index (κ2) is 6.52. The second-order valence-corrected chi connectivity index (χ2v) is 12.9. The number of imide groups is 1. The largest absolute Gasteiger partial charge is 0.467 e. The Bertz CT molecular complexity index is 793. The van der Waals surface area contributed by atoms with Gasteiger partial charge in [-0.25, -0.2) is 0 Å². The number of amides is 2. The van der Waals surface area contributed by atoms with Crippen LogP contribution < -0.4 is 0 Å². The summed E-state index contributed by atoms with van der Waals surface area (Å²) in [5.41, 5.74) is 0.475. The van der Waals surface area contributed by atoms with Crippen LogP contribution in [0.25, 0.3) is 0 Å². The molecule has 2 amide bonds. The third-order valence-corrected chi connectivity index (χ3v) is 9.80. The Morgan fingerprint density at radius 1 is 1.12 bits per heavy atom. The number of benzene rings is 1. The van der Waals surface area contributed by atoms with Crippen LogP contribution in [0.1, 0.15) is 42.9 Å². The van der Waals surface area contributed by atoms with Gasteiger partial charge in [-0.2, -0.15) is 0 Å². The smallest absolute Gasteiger partial charge is 0.261 e. The van der Waals surface area contributed by atoms with Gasteiger partial charge in [0.2, 0.25) is 0 Å². The van der Waals surface area contributed by atoms with E-state index in [0.717, 1.165) is 0 Å². The molecule has 0 N–H and O–H groups in total. The number of carbonyl (C=O) groups is 2. The maximum absolute atomic E-state index is 12.9. The standard InChI is InChI=1S/C20H25NO4Si/c1-20(2,3)26(4,5)25-17-16(15-12-9-13-24-15)21(19(17)23)18(22)14-10-7-6-8-11-14/h6-13,16-17H,1-5H3/t16-,17+/m0/s1. The molecule has 0 unspecified atom stereocenters. The summed E-state index contributed by atoms with van der Waals surface area (Å²) in [6, 6.07) is 11.8. The summed E-state index contributed by atoms with van der Waals surface area (Å²) in [5.74, 6) is -0.0604. The minimum absolute atomic E-state index is 0.0369. The molecule has 6 heteroatoms. The summed E-state index contributed by atoms with van der Waals surface area (Å²) >= 11 is 0. The average molecular weight is 372 g/mol. The predicted molar refractivity (Wildman–Crippen MR) is 101 cm³/mol. The van der Waals surface area contributed by atoms with E-state index in [0.29, 0.717) is 11.3 Å². The van der Waals surface area contributed by atoms with Crippen molar-refractivity contribution in [1.29, 1.82) is 0 Å². The number of β-lactam (4-membered cyclic amide) rings is 1. The highest BCUT2D eigenvalue weighted by Crippen LogP contribution is 2.44. The van der Waals surface area contributed by atoms with E-state index in [1.165, 1.54) is 4.90 Å². The van der Waals surface area contributed by atoms with Crippen molar-refractivity contribution in [1.82, 2.24) is 4.90 Å². The maximum Gasteiger partial charge on any atom is 0.261 e. The van der Waals surface area contributed by atoms with Gasteiger partial charge in [-0.05, 0) is 42.4 Å². The number of nitrogens with zero attached hydrogens (tertiary/aromatic N) is 1. The average Bonchev–Trinajstić information content (AvgIpc) is 3.10. The molecule has 138 valence electrons. The fraction of sp³-hybridized carbons (Fsp3) is 0.400. The Hall–Kier alpha value is -2.18. The lowest BCUT2D eigenvalue weighted by atomic mass is 9.94. The summed E-state index contributed by atoms with van der Waals surface area (Å²) < 4.78 is 11.9. The molecule has 0 saturated carbocycles. The van der Waals surface area contributed by atoms with Gasteiger partial charge in [0.1, 0.15) is 11.8 Å². The van der Waals surface area contributed by atoms with Crippen LogP contribution in [-0.2, 0) is 9.22 Å². The summed E-state index contributed by atoms with van der Waals surface area (Å²) in [4.78, 5) is 27.0. The highest BCUT2D eigenvalue weighted by Gasteiger charge is 2.56. The maximum atomic E-state index is 12.9. The number of furan rings is 1. The number of carbonyl (C=O) groups excluding carboxylic acids is 2. The molecule has 2 heterocycles. The van der Waals surface area contributed by atoms with Crippen LogP contribution in [0, 0.1) is 0 Å². The van der Waals surface area contributed by atoms with Crippen molar-refractivity contribution in [3.05, 3.63) is 60.1 Å². The highest BCUT2D eigenvalue weighted by atomic mass is 28.4. The zero-order valence-corrected chi connectivity index (χ0v) is 16.9. The van der Waals surface area contributed by atoms with Gasteiger partial charge in [-0.15, -0.1) is 0 Å². The van der Waals surface area contributed by atoms with Gasteiger partial charge in [-0.1, -0.05) is 39.0 Å². The van der Waals surface area contributed by atoms with Gasteiger partial charge in [0.25, 0.3) is 11.8 Å². The van der Waals surface area contributed by atoms with Gasteiger partial charge >= 0.3 is 0 Å². The molecule has 5 nitrogen and oxygen atoms in total. The Morgan fingerprint density at radius 3 is 2.31 bits per heavy atom. The molecule has 1 aliphatic heterocycles. The van der Waals surface area contributed by atoms with Crippen molar-refractivity contribution >= 4 is 20.1 Å². The Balaban J connectivity index is 1.91. The van der Waals surface area contributed by atoms with Crippen LogP contribution in [0.2, 0.25) is 18.1 Å². The molecule has 1 aromatic carbocycles. The normalized spacial score (nSPS) is 20.8. The number of rotatable bonds is 4. The fourth-order valence-electron chi connectivity index (χ4n) is 2.75. The first-order valence-electron chi connectivity index (χ1n) is 8.77. The first kappa shape index (κ1) is 18.6. The zero-order chi connectivity index (χ0) is 19.1. The van der Waals surface area contributed by atoms with Crippen LogP contribution in [0.15, 0.2) is 53.1 Å². The van der Waals surface area contributed by atoms with Crippen LogP contribution in [-0.4, -0.2) is 31.1 Å². The van der Waals surface area contributed by atoms with Crippen molar-refractivity contribution in [3.63, 3.8) is 0 Å². The molecule has 0 spiro atoms. The van der Waals surface area contributed by atoms with E-state index >= 15 is 0 Å². The minimum Gasteiger partial charge on any atom is -0.467 e. The van der Waals surface area contributed by atoms with E-state index in [2.05, 4.69) is 33.9 Å². The molecule has 0 aliphatic carbocycles. The Kier molecular flexibility index (Phi) is 4.66. The molecular formula is C20H25NO4Si. The van der Waals surface area contributed by atoms with Crippen LogP contribution in [0.3, 0.4) is 0 Å². The topological polar surface area (TPSA) is 59.8 Å². The van der Waals surface area contributed by atoms with E-state index in [-0.39, 0.29) is 16.9 Å². The predicted octanol–water partition coefficient (Wildman–Crippen LogP) is 4.39.